The highest BCUT2D eigenvalue weighted by Crippen LogP contribution is 2.29. The van der Waals surface area contributed by atoms with Crippen molar-refractivity contribution in [2.24, 2.45) is 0 Å². The first-order chi connectivity index (χ1) is 16.0. The maximum absolute atomic E-state index is 12.7. The van der Waals surface area contributed by atoms with E-state index >= 15 is 0 Å². The summed E-state index contributed by atoms with van der Waals surface area (Å²) in [5.41, 5.74) is 2.95. The monoisotopic (exact) mass is 468 g/mol. The molecule has 2 aliphatic heterocycles. The second-order valence-corrected chi connectivity index (χ2v) is 9.36. The molecule has 33 heavy (non-hydrogen) atoms. The van der Waals surface area contributed by atoms with Gasteiger partial charge >= 0.3 is 0 Å². The number of benzene rings is 2. The molecule has 2 heterocycles. The van der Waals surface area contributed by atoms with Gasteiger partial charge < -0.3 is 10.2 Å². The van der Waals surface area contributed by atoms with Gasteiger partial charge in [-0.25, -0.2) is 0 Å². The van der Waals surface area contributed by atoms with Crippen molar-refractivity contribution in [2.45, 2.75) is 25.8 Å². The van der Waals surface area contributed by atoms with Crippen LogP contribution in [0, 0.1) is 0 Å². The van der Waals surface area contributed by atoms with Gasteiger partial charge in [0.05, 0.1) is 12.6 Å². The summed E-state index contributed by atoms with van der Waals surface area (Å²) in [7, 11) is 0. The first-order valence-corrected chi connectivity index (χ1v) is 12.2. The summed E-state index contributed by atoms with van der Waals surface area (Å²) in [6, 6.07) is 15.8. The second-order valence-electron chi connectivity index (χ2n) is 8.95. The summed E-state index contributed by atoms with van der Waals surface area (Å²) in [6.45, 7) is 8.05. The number of likely N-dealkylation sites (tertiary alicyclic amines) is 1. The van der Waals surface area contributed by atoms with E-state index in [1.807, 2.05) is 42.5 Å². The number of carbonyl (C=O) groups excluding carboxylic acids is 2. The molecule has 2 aromatic carbocycles. The fraction of sp³-hybridized carbons (Fsp3) is 0.462. The Kier molecular flexibility index (Phi) is 8.02. The Balaban J connectivity index is 1.27. The van der Waals surface area contributed by atoms with Crippen molar-refractivity contribution in [3.63, 3.8) is 0 Å². The maximum atomic E-state index is 12.7. The topological polar surface area (TPSA) is 55.9 Å². The van der Waals surface area contributed by atoms with Crippen molar-refractivity contribution < 1.29 is 9.59 Å². The Bertz CT molecular complexity index is 951. The zero-order valence-electron chi connectivity index (χ0n) is 19.3. The van der Waals surface area contributed by atoms with Crippen LogP contribution in [0.3, 0.4) is 0 Å². The lowest BCUT2D eigenvalue weighted by Gasteiger charge is -2.36. The minimum absolute atomic E-state index is 0.0607. The molecular weight excluding hydrogens is 436 g/mol. The molecule has 0 aromatic heterocycles. The summed E-state index contributed by atoms with van der Waals surface area (Å²) in [4.78, 5) is 31.2. The summed E-state index contributed by atoms with van der Waals surface area (Å²) in [6.07, 6.45) is 2.38. The van der Waals surface area contributed by atoms with Crippen molar-refractivity contribution in [1.29, 1.82) is 0 Å². The van der Waals surface area contributed by atoms with Crippen molar-refractivity contribution in [3.05, 3.63) is 64.7 Å². The van der Waals surface area contributed by atoms with Crippen LogP contribution in [-0.4, -0.2) is 73.8 Å². The molecule has 1 unspecified atom stereocenters. The van der Waals surface area contributed by atoms with Crippen LogP contribution in [0.25, 0.3) is 0 Å². The number of Topliss-reactive ketones (excluding diaryl/α,β-unsaturated/α-hetero) is 1. The highest BCUT2D eigenvalue weighted by atomic mass is 35.5. The van der Waals surface area contributed by atoms with E-state index < -0.39 is 0 Å². The van der Waals surface area contributed by atoms with Gasteiger partial charge in [-0.15, -0.1) is 0 Å². The van der Waals surface area contributed by atoms with Crippen LogP contribution >= 0.6 is 11.6 Å². The molecule has 0 bridgehead atoms. The normalized spacial score (nSPS) is 18.3. The first kappa shape index (κ1) is 23.7. The number of nitrogens with one attached hydrogen (secondary N) is 1. The van der Waals surface area contributed by atoms with Crippen molar-refractivity contribution >= 4 is 29.0 Å². The van der Waals surface area contributed by atoms with Crippen LogP contribution in [0.15, 0.2) is 48.5 Å². The van der Waals surface area contributed by atoms with Gasteiger partial charge in [0.1, 0.15) is 0 Å². The van der Waals surface area contributed by atoms with Gasteiger partial charge in [-0.2, -0.15) is 0 Å². The van der Waals surface area contributed by atoms with E-state index in [4.69, 9.17) is 11.6 Å². The molecule has 4 rings (SSSR count). The number of piperazine rings is 1. The average Bonchev–Trinajstić information content (AvgIpc) is 3.35. The zero-order valence-corrected chi connectivity index (χ0v) is 20.1. The Morgan fingerprint density at radius 3 is 2.24 bits per heavy atom. The van der Waals surface area contributed by atoms with Gasteiger partial charge in [-0.05, 0) is 68.8 Å². The van der Waals surface area contributed by atoms with Crippen LogP contribution in [0.1, 0.15) is 41.7 Å². The molecule has 176 valence electrons. The van der Waals surface area contributed by atoms with Crippen molar-refractivity contribution in [2.75, 3.05) is 57.3 Å². The zero-order chi connectivity index (χ0) is 23.2. The molecule has 6 nitrogen and oxygen atoms in total. The van der Waals surface area contributed by atoms with E-state index in [0.717, 1.165) is 61.1 Å². The van der Waals surface area contributed by atoms with Gasteiger partial charge in [-0.1, -0.05) is 29.8 Å². The fourth-order valence-electron chi connectivity index (χ4n) is 4.77. The third-order valence-corrected chi connectivity index (χ3v) is 7.06. The highest BCUT2D eigenvalue weighted by molar-refractivity contribution is 6.31. The van der Waals surface area contributed by atoms with Crippen LogP contribution in [-0.2, 0) is 4.79 Å². The molecular formula is C26H33ClN4O2. The number of rotatable bonds is 8. The summed E-state index contributed by atoms with van der Waals surface area (Å²) in [5, 5.41) is 3.93. The number of anilines is 1. The number of hydrogen-bond donors (Lipinski definition) is 1. The highest BCUT2D eigenvalue weighted by Gasteiger charge is 2.26. The van der Waals surface area contributed by atoms with E-state index in [0.29, 0.717) is 13.1 Å². The molecule has 0 spiro atoms. The predicted octanol–water partition coefficient (Wildman–Crippen LogP) is 3.62. The van der Waals surface area contributed by atoms with Crippen LogP contribution < -0.4 is 10.2 Å². The summed E-state index contributed by atoms with van der Waals surface area (Å²) < 4.78 is 0. The Hall–Kier alpha value is -2.41. The Labute approximate surface area is 201 Å². The fourth-order valence-corrected chi connectivity index (χ4v) is 5.04. The minimum atomic E-state index is 0.0607. The van der Waals surface area contributed by atoms with E-state index in [-0.39, 0.29) is 17.7 Å². The molecule has 7 heteroatoms. The number of carbonyl (C=O) groups is 2. The Morgan fingerprint density at radius 2 is 1.61 bits per heavy atom. The maximum Gasteiger partial charge on any atom is 0.234 e. The van der Waals surface area contributed by atoms with E-state index in [1.54, 1.807) is 6.92 Å². The van der Waals surface area contributed by atoms with Gasteiger partial charge in [0, 0.05) is 49.0 Å². The van der Waals surface area contributed by atoms with Crippen LogP contribution in [0.2, 0.25) is 5.02 Å². The Morgan fingerprint density at radius 1 is 0.939 bits per heavy atom. The van der Waals surface area contributed by atoms with Gasteiger partial charge in [0.25, 0.3) is 0 Å². The molecule has 2 saturated heterocycles. The number of amides is 1. The van der Waals surface area contributed by atoms with Crippen LogP contribution in [0.4, 0.5) is 5.69 Å². The lowest BCUT2D eigenvalue weighted by Crippen LogP contribution is -2.50. The number of nitrogens with zero attached hydrogens (tertiary/aromatic N) is 3. The third-order valence-electron chi connectivity index (χ3n) is 6.72. The van der Waals surface area contributed by atoms with E-state index in [9.17, 15) is 9.59 Å². The molecule has 1 amide bonds. The van der Waals surface area contributed by atoms with Gasteiger partial charge in [0.2, 0.25) is 5.91 Å². The lowest BCUT2D eigenvalue weighted by atomic mass is 10.1. The third kappa shape index (κ3) is 6.14. The molecule has 0 radical (unpaired) electrons. The standard InChI is InChI=1S/C26H33ClN4O2/c1-20(32)21-8-10-22(11-9-21)30-16-14-29(15-17-30)19-26(33)28-18-25(31-12-4-5-13-31)23-6-2-3-7-24(23)27/h2-3,6-11,25H,4-5,12-19H2,1H3,(H,28,33). The quantitative estimate of drug-likeness (QED) is 0.600. The van der Waals surface area contributed by atoms with Crippen LogP contribution in [0.5, 0.6) is 0 Å². The molecule has 2 aliphatic rings. The molecule has 0 saturated carbocycles. The first-order valence-electron chi connectivity index (χ1n) is 11.8. The minimum Gasteiger partial charge on any atom is -0.369 e. The smallest absolute Gasteiger partial charge is 0.234 e. The predicted molar refractivity (Wildman–Crippen MR) is 133 cm³/mol. The average molecular weight is 469 g/mol. The van der Waals surface area contributed by atoms with Gasteiger partial charge in [-0.3, -0.25) is 19.4 Å². The van der Waals surface area contributed by atoms with E-state index in [2.05, 4.69) is 26.1 Å². The lowest BCUT2D eigenvalue weighted by molar-refractivity contribution is -0.122. The van der Waals surface area contributed by atoms with Gasteiger partial charge in [0.15, 0.2) is 5.78 Å². The molecule has 2 fully saturated rings. The molecule has 1 N–H and O–H groups in total. The number of ketones is 1. The van der Waals surface area contributed by atoms with Crippen molar-refractivity contribution in [3.8, 4) is 0 Å². The second kappa shape index (κ2) is 11.1. The SMILES string of the molecule is CC(=O)c1ccc(N2CCN(CC(=O)NCC(c3ccccc3Cl)N3CCCC3)CC2)cc1. The summed E-state index contributed by atoms with van der Waals surface area (Å²) >= 11 is 6.49. The molecule has 2 aromatic rings. The summed E-state index contributed by atoms with van der Waals surface area (Å²) in [5.74, 6) is 0.143. The molecule has 0 aliphatic carbocycles. The number of halogens is 1. The molecule has 1 atom stereocenters. The van der Waals surface area contributed by atoms with Crippen molar-refractivity contribution in [1.82, 2.24) is 15.1 Å². The largest absolute Gasteiger partial charge is 0.369 e. The number of hydrogen-bond acceptors (Lipinski definition) is 5. The van der Waals surface area contributed by atoms with E-state index in [1.165, 1.54) is 12.8 Å².